The molecule has 0 unspecified atom stereocenters. The second-order valence-electron chi connectivity index (χ2n) is 5.74. The van der Waals surface area contributed by atoms with Crippen LogP contribution in [-0.2, 0) is 6.54 Å². The number of hydrogen-bond donors (Lipinski definition) is 1. The molecule has 0 saturated carbocycles. The predicted molar refractivity (Wildman–Crippen MR) is 79.4 cm³/mol. The molecule has 0 spiro atoms. The van der Waals surface area contributed by atoms with E-state index in [1.165, 1.54) is 42.7 Å². The Morgan fingerprint density at radius 3 is 3.00 bits per heavy atom. The topological polar surface area (TPSA) is 28.2 Å². The molecule has 0 amide bonds. The zero-order valence-corrected chi connectivity index (χ0v) is 11.8. The summed E-state index contributed by atoms with van der Waals surface area (Å²) in [5.74, 6) is 0.894. The van der Waals surface area contributed by atoms with Crippen molar-refractivity contribution in [2.75, 3.05) is 19.6 Å². The van der Waals surface area contributed by atoms with Crippen LogP contribution >= 0.6 is 11.3 Å². The molecule has 1 aromatic carbocycles. The van der Waals surface area contributed by atoms with Gasteiger partial charge in [0.1, 0.15) is 0 Å². The minimum absolute atomic E-state index is 0.686. The van der Waals surface area contributed by atoms with Crippen LogP contribution in [-0.4, -0.2) is 35.6 Å². The fourth-order valence-corrected chi connectivity index (χ4v) is 4.33. The van der Waals surface area contributed by atoms with Gasteiger partial charge in [0.25, 0.3) is 0 Å². The number of aromatic nitrogens is 1. The molecule has 19 heavy (non-hydrogen) atoms. The molecule has 3 fully saturated rings. The number of hydrogen-bond acceptors (Lipinski definition) is 4. The van der Waals surface area contributed by atoms with Crippen LogP contribution in [0, 0.1) is 5.92 Å². The maximum Gasteiger partial charge on any atom is 0.0815 e. The number of piperidine rings is 3. The Bertz CT molecular complexity index is 572. The first-order valence-electron chi connectivity index (χ1n) is 7.17. The average Bonchev–Trinajstić information content (AvgIpc) is 2.95. The summed E-state index contributed by atoms with van der Waals surface area (Å²) in [6, 6.07) is 7.14. The highest BCUT2D eigenvalue weighted by molar-refractivity contribution is 7.16. The van der Waals surface area contributed by atoms with E-state index in [-0.39, 0.29) is 0 Å². The Morgan fingerprint density at radius 2 is 2.21 bits per heavy atom. The smallest absolute Gasteiger partial charge is 0.0815 e. The zero-order valence-electron chi connectivity index (χ0n) is 11.0. The minimum atomic E-state index is 0.686. The third-order valence-corrected chi connectivity index (χ3v) is 5.57. The van der Waals surface area contributed by atoms with Crippen LogP contribution in [0.1, 0.15) is 18.4 Å². The van der Waals surface area contributed by atoms with Crippen LogP contribution in [0.2, 0.25) is 0 Å². The Balaban J connectivity index is 1.49. The van der Waals surface area contributed by atoms with Gasteiger partial charge < -0.3 is 10.2 Å². The van der Waals surface area contributed by atoms with Crippen LogP contribution < -0.4 is 5.32 Å². The summed E-state index contributed by atoms with van der Waals surface area (Å²) in [4.78, 5) is 7.00. The molecule has 1 atom stereocenters. The summed E-state index contributed by atoms with van der Waals surface area (Å²) < 4.78 is 1.34. The highest BCUT2D eigenvalue weighted by Gasteiger charge is 2.33. The van der Waals surface area contributed by atoms with E-state index in [0.29, 0.717) is 6.04 Å². The fraction of sp³-hybridized carbons (Fsp3) is 0.533. The lowest BCUT2D eigenvalue weighted by Crippen LogP contribution is -2.55. The SMILES string of the molecule is c1cc(CN[C@@H]2CN3CCC2CC3)c2scnc2c1. The van der Waals surface area contributed by atoms with E-state index in [0.717, 1.165) is 18.0 Å². The van der Waals surface area contributed by atoms with Crippen molar-refractivity contribution in [3.8, 4) is 0 Å². The van der Waals surface area contributed by atoms with E-state index < -0.39 is 0 Å². The molecule has 1 N–H and O–H groups in total. The third kappa shape index (κ3) is 2.18. The lowest BCUT2D eigenvalue weighted by atomic mass is 9.84. The van der Waals surface area contributed by atoms with Crippen molar-refractivity contribution in [2.45, 2.75) is 25.4 Å². The summed E-state index contributed by atoms with van der Waals surface area (Å²) in [5.41, 5.74) is 4.48. The Labute approximate surface area is 117 Å². The van der Waals surface area contributed by atoms with Crippen LogP contribution in [0.15, 0.2) is 23.7 Å². The first kappa shape index (κ1) is 11.8. The molecular formula is C15H19N3S. The van der Waals surface area contributed by atoms with Crippen molar-refractivity contribution in [1.82, 2.24) is 15.2 Å². The summed E-state index contributed by atoms with van der Waals surface area (Å²) >= 11 is 1.75. The van der Waals surface area contributed by atoms with E-state index in [1.807, 2.05) is 5.51 Å². The number of nitrogens with zero attached hydrogens (tertiary/aromatic N) is 2. The Morgan fingerprint density at radius 1 is 1.32 bits per heavy atom. The Hall–Kier alpha value is -0.970. The number of fused-ring (bicyclic) bond motifs is 4. The molecule has 100 valence electrons. The van der Waals surface area contributed by atoms with Crippen molar-refractivity contribution < 1.29 is 0 Å². The molecular weight excluding hydrogens is 254 g/mol. The van der Waals surface area contributed by atoms with Crippen molar-refractivity contribution >= 4 is 21.6 Å². The average molecular weight is 273 g/mol. The minimum Gasteiger partial charge on any atom is -0.308 e. The van der Waals surface area contributed by atoms with Crippen molar-refractivity contribution in [3.05, 3.63) is 29.3 Å². The van der Waals surface area contributed by atoms with Crippen LogP contribution in [0.5, 0.6) is 0 Å². The molecule has 4 heterocycles. The number of thiazole rings is 1. The van der Waals surface area contributed by atoms with Gasteiger partial charge in [0, 0.05) is 19.1 Å². The fourth-order valence-electron chi connectivity index (χ4n) is 3.52. The van der Waals surface area contributed by atoms with Gasteiger partial charge in [-0.2, -0.15) is 0 Å². The highest BCUT2D eigenvalue weighted by Crippen LogP contribution is 2.28. The molecule has 2 aromatic rings. The van der Waals surface area contributed by atoms with Crippen LogP contribution in [0.25, 0.3) is 10.2 Å². The molecule has 0 aliphatic carbocycles. The molecule has 3 nitrogen and oxygen atoms in total. The summed E-state index contributed by atoms with van der Waals surface area (Å²) in [6.07, 6.45) is 2.75. The van der Waals surface area contributed by atoms with Gasteiger partial charge in [-0.1, -0.05) is 12.1 Å². The quantitative estimate of drug-likeness (QED) is 0.931. The molecule has 3 aliphatic rings. The van der Waals surface area contributed by atoms with Crippen molar-refractivity contribution in [2.24, 2.45) is 5.92 Å². The van der Waals surface area contributed by atoms with Gasteiger partial charge in [0.05, 0.1) is 15.7 Å². The maximum absolute atomic E-state index is 4.39. The second-order valence-corrected chi connectivity index (χ2v) is 6.60. The largest absolute Gasteiger partial charge is 0.308 e. The van der Waals surface area contributed by atoms with Gasteiger partial charge in [-0.3, -0.25) is 0 Å². The van der Waals surface area contributed by atoms with Gasteiger partial charge in [-0.15, -0.1) is 11.3 Å². The number of rotatable bonds is 3. The molecule has 2 bridgehead atoms. The van der Waals surface area contributed by atoms with E-state index in [1.54, 1.807) is 11.3 Å². The van der Waals surface area contributed by atoms with Crippen molar-refractivity contribution in [3.63, 3.8) is 0 Å². The first-order chi connectivity index (χ1) is 9.40. The monoisotopic (exact) mass is 273 g/mol. The third-order valence-electron chi connectivity index (χ3n) is 4.65. The lowest BCUT2D eigenvalue weighted by molar-refractivity contribution is 0.0720. The molecule has 3 aliphatic heterocycles. The maximum atomic E-state index is 4.39. The van der Waals surface area contributed by atoms with Gasteiger partial charge in [-0.05, 0) is 43.5 Å². The van der Waals surface area contributed by atoms with Crippen LogP contribution in [0.4, 0.5) is 0 Å². The molecule has 1 aromatic heterocycles. The van der Waals surface area contributed by atoms with E-state index in [4.69, 9.17) is 0 Å². The number of benzene rings is 1. The van der Waals surface area contributed by atoms with E-state index >= 15 is 0 Å². The van der Waals surface area contributed by atoms with Gasteiger partial charge in [0.2, 0.25) is 0 Å². The van der Waals surface area contributed by atoms with Gasteiger partial charge >= 0.3 is 0 Å². The summed E-state index contributed by atoms with van der Waals surface area (Å²) in [5, 5.41) is 3.79. The van der Waals surface area contributed by atoms with Crippen LogP contribution in [0.3, 0.4) is 0 Å². The molecule has 0 radical (unpaired) electrons. The zero-order chi connectivity index (χ0) is 12.7. The molecule has 5 rings (SSSR count). The summed E-state index contributed by atoms with van der Waals surface area (Å²) in [6.45, 7) is 4.85. The van der Waals surface area contributed by atoms with Crippen molar-refractivity contribution in [1.29, 1.82) is 0 Å². The highest BCUT2D eigenvalue weighted by atomic mass is 32.1. The number of nitrogens with one attached hydrogen (secondary N) is 1. The first-order valence-corrected chi connectivity index (χ1v) is 8.05. The standard InChI is InChI=1S/C15H19N3S/c1-2-12(15-13(3-1)17-10-19-15)8-16-14-9-18-6-4-11(14)5-7-18/h1-3,10-11,14,16H,4-9H2/t14-/m1/s1. The second kappa shape index (κ2) is 4.85. The van der Waals surface area contributed by atoms with Gasteiger partial charge in [-0.25, -0.2) is 4.98 Å². The van der Waals surface area contributed by atoms with E-state index in [2.05, 4.69) is 33.4 Å². The normalized spacial score (nSPS) is 30.0. The Kier molecular flexibility index (Phi) is 3.02. The van der Waals surface area contributed by atoms with E-state index in [9.17, 15) is 0 Å². The lowest BCUT2D eigenvalue weighted by Gasteiger charge is -2.45. The summed E-state index contributed by atoms with van der Waals surface area (Å²) in [7, 11) is 0. The molecule has 4 heteroatoms. The predicted octanol–water partition coefficient (Wildman–Crippen LogP) is 2.48. The molecule has 3 saturated heterocycles. The van der Waals surface area contributed by atoms with Gasteiger partial charge in [0.15, 0.2) is 0 Å².